The zero-order valence-corrected chi connectivity index (χ0v) is 10.0. The SMILES string of the molecule is CC(C)(C)C(=O)C(C#N)Cc1ccccc1. The minimum Gasteiger partial charge on any atom is -0.298 e. The molecule has 0 aliphatic rings. The molecule has 16 heavy (non-hydrogen) atoms. The third-order valence-electron chi connectivity index (χ3n) is 2.49. The number of carbonyl (C=O) groups excluding carboxylic acids is 1. The average molecular weight is 215 g/mol. The molecule has 84 valence electrons. The molecule has 1 aromatic carbocycles. The second-order valence-electron chi connectivity index (χ2n) is 4.99. The first-order chi connectivity index (χ1) is 7.45. The molecule has 1 unspecified atom stereocenters. The van der Waals surface area contributed by atoms with Crippen molar-refractivity contribution < 1.29 is 4.79 Å². The second-order valence-corrected chi connectivity index (χ2v) is 4.99. The van der Waals surface area contributed by atoms with Gasteiger partial charge in [-0.15, -0.1) is 0 Å². The molecular weight excluding hydrogens is 198 g/mol. The summed E-state index contributed by atoms with van der Waals surface area (Å²) in [5.41, 5.74) is 0.585. The fourth-order valence-electron chi connectivity index (χ4n) is 1.57. The molecule has 0 fully saturated rings. The normalized spacial score (nSPS) is 12.9. The second kappa shape index (κ2) is 4.94. The van der Waals surface area contributed by atoms with Gasteiger partial charge in [-0.3, -0.25) is 4.79 Å². The molecular formula is C14H17NO. The maximum absolute atomic E-state index is 12.0. The lowest BCUT2D eigenvalue weighted by molar-refractivity contribution is -0.128. The number of benzene rings is 1. The highest BCUT2D eigenvalue weighted by Crippen LogP contribution is 2.22. The van der Waals surface area contributed by atoms with Crippen LogP contribution in [0.2, 0.25) is 0 Å². The molecule has 0 N–H and O–H groups in total. The van der Waals surface area contributed by atoms with Crippen molar-refractivity contribution in [3.05, 3.63) is 35.9 Å². The molecule has 0 heterocycles. The van der Waals surface area contributed by atoms with Crippen molar-refractivity contribution in [1.29, 1.82) is 5.26 Å². The zero-order valence-electron chi connectivity index (χ0n) is 10.0. The summed E-state index contributed by atoms with van der Waals surface area (Å²) >= 11 is 0. The summed E-state index contributed by atoms with van der Waals surface area (Å²) in [5.74, 6) is -0.527. The van der Waals surface area contributed by atoms with E-state index in [4.69, 9.17) is 5.26 Å². The van der Waals surface area contributed by atoms with Crippen molar-refractivity contribution >= 4 is 5.78 Å². The van der Waals surface area contributed by atoms with Gasteiger partial charge in [0.25, 0.3) is 0 Å². The monoisotopic (exact) mass is 215 g/mol. The number of hydrogen-bond donors (Lipinski definition) is 0. The Morgan fingerprint density at radius 1 is 1.31 bits per heavy atom. The first-order valence-electron chi connectivity index (χ1n) is 5.43. The molecule has 1 atom stereocenters. The largest absolute Gasteiger partial charge is 0.298 e. The van der Waals surface area contributed by atoms with E-state index < -0.39 is 11.3 Å². The van der Waals surface area contributed by atoms with Gasteiger partial charge in [-0.2, -0.15) is 5.26 Å². The van der Waals surface area contributed by atoms with Gasteiger partial charge < -0.3 is 0 Å². The lowest BCUT2D eigenvalue weighted by Gasteiger charge is -2.20. The van der Waals surface area contributed by atoms with Gasteiger partial charge in [-0.05, 0) is 12.0 Å². The molecule has 0 amide bonds. The van der Waals surface area contributed by atoms with Gasteiger partial charge >= 0.3 is 0 Å². The minimum absolute atomic E-state index is 0.0128. The van der Waals surface area contributed by atoms with Crippen molar-refractivity contribution in [3.8, 4) is 6.07 Å². The van der Waals surface area contributed by atoms with E-state index in [-0.39, 0.29) is 5.78 Å². The summed E-state index contributed by atoms with van der Waals surface area (Å²) in [5, 5.41) is 9.05. The van der Waals surface area contributed by atoms with E-state index in [0.29, 0.717) is 6.42 Å². The van der Waals surface area contributed by atoms with Gasteiger partial charge in [0.2, 0.25) is 0 Å². The summed E-state index contributed by atoms with van der Waals surface area (Å²) in [6.07, 6.45) is 0.507. The van der Waals surface area contributed by atoms with E-state index in [2.05, 4.69) is 6.07 Å². The Kier molecular flexibility index (Phi) is 3.84. The van der Waals surface area contributed by atoms with Crippen LogP contribution in [0.3, 0.4) is 0 Å². The zero-order chi connectivity index (χ0) is 12.2. The molecule has 0 bridgehead atoms. The Hall–Kier alpha value is -1.62. The lowest BCUT2D eigenvalue weighted by atomic mass is 9.81. The molecule has 2 nitrogen and oxygen atoms in total. The first kappa shape index (κ1) is 12.4. The van der Waals surface area contributed by atoms with Crippen LogP contribution in [0.25, 0.3) is 0 Å². The Bertz CT molecular complexity index is 395. The molecule has 0 aliphatic carbocycles. The summed E-state index contributed by atoms with van der Waals surface area (Å²) < 4.78 is 0. The van der Waals surface area contributed by atoms with Crippen LogP contribution in [-0.2, 0) is 11.2 Å². The maximum Gasteiger partial charge on any atom is 0.155 e. The van der Waals surface area contributed by atoms with Gasteiger partial charge in [-0.25, -0.2) is 0 Å². The Morgan fingerprint density at radius 3 is 2.31 bits per heavy atom. The van der Waals surface area contributed by atoms with Crippen molar-refractivity contribution in [1.82, 2.24) is 0 Å². The molecule has 2 heteroatoms. The minimum atomic E-state index is -0.539. The highest BCUT2D eigenvalue weighted by Gasteiger charge is 2.29. The third kappa shape index (κ3) is 3.20. The quantitative estimate of drug-likeness (QED) is 0.777. The number of carbonyl (C=O) groups is 1. The number of nitrogens with zero attached hydrogens (tertiary/aromatic N) is 1. The van der Waals surface area contributed by atoms with Gasteiger partial charge in [0.05, 0.1) is 6.07 Å². The van der Waals surface area contributed by atoms with E-state index in [1.165, 1.54) is 0 Å². The highest BCUT2D eigenvalue weighted by molar-refractivity contribution is 5.88. The number of rotatable bonds is 3. The molecule has 1 aromatic rings. The molecule has 0 aromatic heterocycles. The summed E-state index contributed by atoms with van der Waals surface area (Å²) in [6.45, 7) is 5.56. The fraction of sp³-hybridized carbons (Fsp3) is 0.429. The molecule has 0 spiro atoms. The van der Waals surface area contributed by atoms with E-state index in [1.54, 1.807) is 0 Å². The predicted octanol–water partition coefficient (Wildman–Crippen LogP) is 2.98. The molecule has 1 rings (SSSR count). The van der Waals surface area contributed by atoms with Crippen LogP contribution < -0.4 is 0 Å². The summed E-state index contributed by atoms with van der Waals surface area (Å²) in [7, 11) is 0. The van der Waals surface area contributed by atoms with Gasteiger partial charge in [-0.1, -0.05) is 51.1 Å². The summed E-state index contributed by atoms with van der Waals surface area (Å²) in [4.78, 5) is 12.0. The van der Waals surface area contributed by atoms with Crippen LogP contribution >= 0.6 is 0 Å². The fourth-order valence-corrected chi connectivity index (χ4v) is 1.57. The van der Waals surface area contributed by atoms with Crippen molar-refractivity contribution in [2.24, 2.45) is 11.3 Å². The summed E-state index contributed by atoms with van der Waals surface area (Å²) in [6, 6.07) is 11.8. The molecule has 0 radical (unpaired) electrons. The number of Topliss-reactive ketones (excluding diaryl/α,β-unsaturated/α-hetero) is 1. The van der Waals surface area contributed by atoms with Crippen LogP contribution in [0.15, 0.2) is 30.3 Å². The Balaban J connectivity index is 2.79. The van der Waals surface area contributed by atoms with Gasteiger partial charge in [0, 0.05) is 5.41 Å². The van der Waals surface area contributed by atoms with E-state index in [0.717, 1.165) is 5.56 Å². The Morgan fingerprint density at radius 2 is 1.88 bits per heavy atom. The van der Waals surface area contributed by atoms with E-state index >= 15 is 0 Å². The van der Waals surface area contributed by atoms with Crippen LogP contribution in [0.5, 0.6) is 0 Å². The number of hydrogen-bond acceptors (Lipinski definition) is 2. The predicted molar refractivity (Wildman–Crippen MR) is 63.7 cm³/mol. The molecule has 0 aliphatic heterocycles. The van der Waals surface area contributed by atoms with Crippen LogP contribution in [-0.4, -0.2) is 5.78 Å². The highest BCUT2D eigenvalue weighted by atomic mass is 16.1. The van der Waals surface area contributed by atoms with Crippen LogP contribution in [0.4, 0.5) is 0 Å². The topological polar surface area (TPSA) is 40.9 Å². The maximum atomic E-state index is 12.0. The van der Waals surface area contributed by atoms with E-state index in [9.17, 15) is 4.79 Å². The van der Waals surface area contributed by atoms with Crippen molar-refractivity contribution in [2.45, 2.75) is 27.2 Å². The van der Waals surface area contributed by atoms with Crippen molar-refractivity contribution in [2.75, 3.05) is 0 Å². The van der Waals surface area contributed by atoms with E-state index in [1.807, 2.05) is 51.1 Å². The molecule has 0 saturated carbocycles. The van der Waals surface area contributed by atoms with Crippen LogP contribution in [0.1, 0.15) is 26.3 Å². The average Bonchev–Trinajstić information content (AvgIpc) is 2.25. The van der Waals surface area contributed by atoms with Crippen LogP contribution in [0, 0.1) is 22.7 Å². The first-order valence-corrected chi connectivity index (χ1v) is 5.43. The third-order valence-corrected chi connectivity index (χ3v) is 2.49. The van der Waals surface area contributed by atoms with Crippen molar-refractivity contribution in [3.63, 3.8) is 0 Å². The van der Waals surface area contributed by atoms with Gasteiger partial charge in [0.15, 0.2) is 5.78 Å². The standard InChI is InChI=1S/C14H17NO/c1-14(2,3)13(16)12(10-15)9-11-7-5-4-6-8-11/h4-8,12H,9H2,1-3H3. The van der Waals surface area contributed by atoms with Gasteiger partial charge in [0.1, 0.15) is 5.92 Å². The number of nitriles is 1. The smallest absolute Gasteiger partial charge is 0.155 e. The molecule has 0 saturated heterocycles. The Labute approximate surface area is 96.9 Å². The lowest BCUT2D eigenvalue weighted by Crippen LogP contribution is -2.28. The number of ketones is 1.